The van der Waals surface area contributed by atoms with E-state index in [-0.39, 0.29) is 11.9 Å². The highest BCUT2D eigenvalue weighted by Gasteiger charge is 2.12. The third kappa shape index (κ3) is 5.56. The van der Waals surface area contributed by atoms with Crippen LogP contribution in [0.15, 0.2) is 72.9 Å². The van der Waals surface area contributed by atoms with Crippen molar-refractivity contribution in [2.45, 2.75) is 19.4 Å². The summed E-state index contributed by atoms with van der Waals surface area (Å²) in [6.07, 6.45) is 2.47. The molecule has 0 saturated heterocycles. The van der Waals surface area contributed by atoms with Crippen molar-refractivity contribution in [2.24, 2.45) is 0 Å². The monoisotopic (exact) mass is 379 g/mol. The number of benzene rings is 2. The van der Waals surface area contributed by atoms with Gasteiger partial charge in [-0.15, -0.1) is 0 Å². The van der Waals surface area contributed by atoms with E-state index < -0.39 is 0 Å². The van der Waals surface area contributed by atoms with Crippen molar-refractivity contribution in [1.29, 1.82) is 0 Å². The van der Waals surface area contributed by atoms with Crippen LogP contribution in [0.3, 0.4) is 0 Å². The summed E-state index contributed by atoms with van der Waals surface area (Å²) in [7, 11) is 0. The third-order valence-corrected chi connectivity index (χ3v) is 4.51. The van der Waals surface area contributed by atoms with Crippen LogP contribution in [0.4, 0.5) is 5.82 Å². The Hall–Kier alpha value is -2.85. The van der Waals surface area contributed by atoms with Gasteiger partial charge in [0.05, 0.1) is 6.04 Å². The molecule has 27 heavy (non-hydrogen) atoms. The van der Waals surface area contributed by atoms with E-state index in [9.17, 15) is 4.79 Å². The molecule has 0 aliphatic heterocycles. The number of anilines is 1. The van der Waals surface area contributed by atoms with E-state index in [1.807, 2.05) is 61.5 Å². The normalized spacial score (nSPS) is 11.6. The molecule has 5 heteroatoms. The predicted molar refractivity (Wildman–Crippen MR) is 110 cm³/mol. The van der Waals surface area contributed by atoms with Gasteiger partial charge in [0.1, 0.15) is 5.82 Å². The molecule has 0 spiro atoms. The first-order valence-corrected chi connectivity index (χ1v) is 9.30. The van der Waals surface area contributed by atoms with Crippen LogP contribution in [-0.2, 0) is 6.42 Å². The van der Waals surface area contributed by atoms with Gasteiger partial charge in [0, 0.05) is 23.3 Å². The molecule has 1 heterocycles. The molecule has 2 N–H and O–H groups in total. The molecule has 2 aromatic carbocycles. The smallest absolute Gasteiger partial charge is 0.251 e. The fourth-order valence-electron chi connectivity index (χ4n) is 2.80. The molecular formula is C22H22ClN3O. The lowest BCUT2D eigenvalue weighted by Gasteiger charge is -2.14. The largest absolute Gasteiger partial charge is 0.370 e. The number of carbonyl (C=O) groups is 1. The number of pyridine rings is 1. The minimum absolute atomic E-state index is 0.0638. The summed E-state index contributed by atoms with van der Waals surface area (Å²) in [5.41, 5.74) is 2.80. The van der Waals surface area contributed by atoms with E-state index in [1.54, 1.807) is 18.3 Å². The maximum absolute atomic E-state index is 12.5. The zero-order chi connectivity index (χ0) is 19.1. The lowest BCUT2D eigenvalue weighted by molar-refractivity contribution is 0.0940. The average molecular weight is 380 g/mol. The van der Waals surface area contributed by atoms with Gasteiger partial charge in [0.25, 0.3) is 5.91 Å². The molecule has 0 fully saturated rings. The SMILES string of the molecule is CC(NC(=O)c1ccnc(NCCc2cccc(Cl)c2)c1)c1ccccc1. The number of aromatic nitrogens is 1. The molecular weight excluding hydrogens is 358 g/mol. The van der Waals surface area contributed by atoms with Gasteiger partial charge < -0.3 is 10.6 Å². The van der Waals surface area contributed by atoms with E-state index >= 15 is 0 Å². The second-order valence-electron chi connectivity index (χ2n) is 6.34. The second kappa shape index (κ2) is 9.19. The van der Waals surface area contributed by atoms with Crippen molar-refractivity contribution in [3.8, 4) is 0 Å². The number of hydrogen-bond acceptors (Lipinski definition) is 3. The number of hydrogen-bond donors (Lipinski definition) is 2. The Morgan fingerprint density at radius 3 is 2.67 bits per heavy atom. The van der Waals surface area contributed by atoms with Gasteiger partial charge in [0.15, 0.2) is 0 Å². The summed E-state index contributed by atoms with van der Waals surface area (Å²) in [5, 5.41) is 7.01. The Balaban J connectivity index is 1.57. The van der Waals surface area contributed by atoms with E-state index in [1.165, 1.54) is 0 Å². The zero-order valence-corrected chi connectivity index (χ0v) is 15.9. The van der Waals surface area contributed by atoms with Gasteiger partial charge in [-0.25, -0.2) is 4.98 Å². The molecule has 1 aromatic heterocycles. The van der Waals surface area contributed by atoms with Gasteiger partial charge in [-0.2, -0.15) is 0 Å². The van der Waals surface area contributed by atoms with Gasteiger partial charge >= 0.3 is 0 Å². The number of amides is 1. The van der Waals surface area contributed by atoms with Crippen molar-refractivity contribution < 1.29 is 4.79 Å². The van der Waals surface area contributed by atoms with Crippen LogP contribution in [0.2, 0.25) is 5.02 Å². The van der Waals surface area contributed by atoms with Crippen LogP contribution < -0.4 is 10.6 Å². The van der Waals surface area contributed by atoms with Gasteiger partial charge in [-0.05, 0) is 48.7 Å². The number of halogens is 1. The quantitative estimate of drug-likeness (QED) is 0.615. The second-order valence-corrected chi connectivity index (χ2v) is 6.78. The van der Waals surface area contributed by atoms with Gasteiger partial charge in [-0.1, -0.05) is 54.1 Å². The highest BCUT2D eigenvalue weighted by molar-refractivity contribution is 6.30. The minimum atomic E-state index is -0.119. The fraction of sp³-hybridized carbons (Fsp3) is 0.182. The summed E-state index contributed by atoms with van der Waals surface area (Å²) in [6, 6.07) is 21.1. The maximum atomic E-state index is 12.5. The molecule has 0 aliphatic rings. The van der Waals surface area contributed by atoms with Crippen molar-refractivity contribution >= 4 is 23.3 Å². The standard InChI is InChI=1S/C22H22ClN3O/c1-16(18-7-3-2-4-8-18)26-22(27)19-11-13-25-21(15-19)24-12-10-17-6-5-9-20(23)14-17/h2-9,11,13-16H,10,12H2,1H3,(H,24,25)(H,26,27). The van der Waals surface area contributed by atoms with Crippen molar-refractivity contribution in [2.75, 3.05) is 11.9 Å². The number of nitrogens with one attached hydrogen (secondary N) is 2. The van der Waals surface area contributed by atoms with E-state index in [4.69, 9.17) is 11.6 Å². The summed E-state index contributed by atoms with van der Waals surface area (Å²) in [4.78, 5) is 16.8. The first kappa shape index (κ1) is 18.9. The van der Waals surface area contributed by atoms with Crippen molar-refractivity contribution in [3.05, 3.63) is 94.6 Å². The lowest BCUT2D eigenvalue weighted by atomic mass is 10.1. The van der Waals surface area contributed by atoms with Gasteiger partial charge in [0.2, 0.25) is 0 Å². The van der Waals surface area contributed by atoms with E-state index in [2.05, 4.69) is 15.6 Å². The average Bonchev–Trinajstić information content (AvgIpc) is 2.69. The molecule has 0 bridgehead atoms. The Bertz CT molecular complexity index is 899. The minimum Gasteiger partial charge on any atom is -0.370 e. The molecule has 4 nitrogen and oxygen atoms in total. The molecule has 0 saturated carbocycles. The summed E-state index contributed by atoms with van der Waals surface area (Å²) < 4.78 is 0. The molecule has 3 aromatic rings. The van der Waals surface area contributed by atoms with Crippen LogP contribution in [0, 0.1) is 0 Å². The predicted octanol–water partition coefficient (Wildman–Crippen LogP) is 4.88. The molecule has 1 unspecified atom stereocenters. The Morgan fingerprint density at radius 2 is 1.89 bits per heavy atom. The third-order valence-electron chi connectivity index (χ3n) is 4.28. The van der Waals surface area contributed by atoms with Crippen LogP contribution >= 0.6 is 11.6 Å². The Labute approximate surface area is 164 Å². The topological polar surface area (TPSA) is 54.0 Å². The van der Waals surface area contributed by atoms with E-state index in [0.717, 1.165) is 22.6 Å². The Morgan fingerprint density at radius 1 is 1.07 bits per heavy atom. The highest BCUT2D eigenvalue weighted by Crippen LogP contribution is 2.14. The number of nitrogens with zero attached hydrogens (tertiary/aromatic N) is 1. The first-order chi connectivity index (χ1) is 13.1. The summed E-state index contributed by atoms with van der Waals surface area (Å²) in [5.74, 6) is 0.559. The first-order valence-electron chi connectivity index (χ1n) is 8.92. The number of carbonyl (C=O) groups excluding carboxylic acids is 1. The van der Waals surface area contributed by atoms with Crippen LogP contribution in [-0.4, -0.2) is 17.4 Å². The Kier molecular flexibility index (Phi) is 6.44. The van der Waals surface area contributed by atoms with Gasteiger partial charge in [-0.3, -0.25) is 4.79 Å². The molecule has 3 rings (SSSR count). The molecule has 138 valence electrons. The van der Waals surface area contributed by atoms with Crippen molar-refractivity contribution in [3.63, 3.8) is 0 Å². The molecule has 0 aliphatic carbocycles. The van der Waals surface area contributed by atoms with Crippen LogP contribution in [0.5, 0.6) is 0 Å². The zero-order valence-electron chi connectivity index (χ0n) is 15.2. The fourth-order valence-corrected chi connectivity index (χ4v) is 3.01. The number of rotatable bonds is 7. The lowest BCUT2D eigenvalue weighted by Crippen LogP contribution is -2.26. The summed E-state index contributed by atoms with van der Waals surface area (Å²) in [6.45, 7) is 2.68. The van der Waals surface area contributed by atoms with E-state index in [0.29, 0.717) is 17.9 Å². The molecule has 0 radical (unpaired) electrons. The molecule has 1 amide bonds. The highest BCUT2D eigenvalue weighted by atomic mass is 35.5. The molecule has 1 atom stereocenters. The maximum Gasteiger partial charge on any atom is 0.251 e. The van der Waals surface area contributed by atoms with Crippen LogP contribution in [0.25, 0.3) is 0 Å². The summed E-state index contributed by atoms with van der Waals surface area (Å²) >= 11 is 6.00. The van der Waals surface area contributed by atoms with Crippen molar-refractivity contribution in [1.82, 2.24) is 10.3 Å². The van der Waals surface area contributed by atoms with Crippen LogP contribution in [0.1, 0.15) is 34.5 Å².